The lowest BCUT2D eigenvalue weighted by molar-refractivity contribution is 1.18. The number of benzene rings is 7. The number of rotatable bonds is 4. The first-order valence-corrected chi connectivity index (χ1v) is 16.3. The molecule has 0 bridgehead atoms. The van der Waals surface area contributed by atoms with Gasteiger partial charge in [0.15, 0.2) is 0 Å². The summed E-state index contributed by atoms with van der Waals surface area (Å²) in [5.41, 5.74) is 11.0. The highest BCUT2D eigenvalue weighted by Crippen LogP contribution is 2.39. The van der Waals surface area contributed by atoms with Crippen molar-refractivity contribution >= 4 is 43.6 Å². The fourth-order valence-electron chi connectivity index (χ4n) is 7.45. The van der Waals surface area contributed by atoms with Crippen LogP contribution in [0, 0.1) is 34.0 Å². The first-order valence-electron chi connectivity index (χ1n) is 16.3. The van der Waals surface area contributed by atoms with E-state index in [-0.39, 0.29) is 0 Å². The third kappa shape index (κ3) is 4.31. The van der Waals surface area contributed by atoms with Crippen molar-refractivity contribution in [2.24, 2.45) is 0 Å². The Balaban J connectivity index is 1.22. The summed E-state index contributed by atoms with van der Waals surface area (Å²) in [4.78, 5) is 0. The van der Waals surface area contributed by atoms with Crippen molar-refractivity contribution in [3.63, 3.8) is 0 Å². The van der Waals surface area contributed by atoms with Crippen LogP contribution in [0.3, 0.4) is 0 Å². The second-order valence-corrected chi connectivity index (χ2v) is 12.3. The molecule has 0 saturated heterocycles. The highest BCUT2D eigenvalue weighted by atomic mass is 15.0. The van der Waals surface area contributed by atoms with Crippen molar-refractivity contribution in [3.8, 4) is 51.8 Å². The van der Waals surface area contributed by atoms with E-state index in [2.05, 4.69) is 100 Å². The smallest absolute Gasteiger partial charge is 0.0998 e. The van der Waals surface area contributed by atoms with Crippen LogP contribution in [-0.2, 0) is 0 Å². The summed E-state index contributed by atoms with van der Waals surface area (Å²) in [6, 6.07) is 57.7. The van der Waals surface area contributed by atoms with E-state index < -0.39 is 0 Å². The molecule has 0 aliphatic heterocycles. The van der Waals surface area contributed by atoms with Gasteiger partial charge in [0.2, 0.25) is 0 Å². The van der Waals surface area contributed by atoms with Gasteiger partial charge in [-0.25, -0.2) is 0 Å². The minimum atomic E-state index is 0.517. The van der Waals surface area contributed by atoms with Gasteiger partial charge >= 0.3 is 0 Å². The third-order valence-corrected chi connectivity index (χ3v) is 9.65. The number of fused-ring (bicyclic) bond motifs is 6. The second-order valence-electron chi connectivity index (χ2n) is 12.3. The molecule has 230 valence electrons. The minimum absolute atomic E-state index is 0.517. The lowest BCUT2D eigenvalue weighted by Gasteiger charge is -2.16. The van der Waals surface area contributed by atoms with E-state index in [1.54, 1.807) is 0 Å². The number of nitriles is 3. The molecule has 5 heteroatoms. The van der Waals surface area contributed by atoms with Gasteiger partial charge in [-0.3, -0.25) is 0 Å². The SMILES string of the molecule is N#Cc1ccc2c(c1)c1ccccc1n2-c1ccc(C#N)c(-c2ccc(-c3ccccc3-n3c4ccccc4c4ccccc43)c(C#N)c2)c1. The van der Waals surface area contributed by atoms with E-state index in [0.717, 1.165) is 66.5 Å². The zero-order valence-corrected chi connectivity index (χ0v) is 26.7. The molecule has 0 atom stereocenters. The molecular weight excluding hydrogens is 611 g/mol. The molecule has 0 N–H and O–H groups in total. The predicted molar refractivity (Wildman–Crippen MR) is 200 cm³/mol. The Bertz CT molecular complexity index is 2920. The average Bonchev–Trinajstić information content (AvgIpc) is 3.70. The van der Waals surface area contributed by atoms with Crippen LogP contribution in [0.4, 0.5) is 0 Å². The molecule has 0 unspecified atom stereocenters. The molecular formula is C45H25N5. The Kier molecular flexibility index (Phi) is 6.56. The molecule has 0 spiro atoms. The number of nitrogens with zero attached hydrogens (tertiary/aromatic N) is 5. The van der Waals surface area contributed by atoms with Crippen molar-refractivity contribution in [2.75, 3.05) is 0 Å². The lowest BCUT2D eigenvalue weighted by atomic mass is 9.92. The number of aromatic nitrogens is 2. The number of hydrogen-bond donors (Lipinski definition) is 0. The summed E-state index contributed by atoms with van der Waals surface area (Å²) in [5, 5.41) is 34.8. The van der Waals surface area contributed by atoms with Crippen LogP contribution in [0.15, 0.2) is 152 Å². The summed E-state index contributed by atoms with van der Waals surface area (Å²) in [6.07, 6.45) is 0. The normalized spacial score (nSPS) is 11.1. The van der Waals surface area contributed by atoms with Crippen molar-refractivity contribution in [1.29, 1.82) is 15.8 Å². The van der Waals surface area contributed by atoms with Gasteiger partial charge in [0.25, 0.3) is 0 Å². The Hall–Kier alpha value is -7.39. The maximum atomic E-state index is 10.6. The fourth-order valence-corrected chi connectivity index (χ4v) is 7.45. The first-order chi connectivity index (χ1) is 24.7. The zero-order valence-electron chi connectivity index (χ0n) is 26.7. The van der Waals surface area contributed by atoms with E-state index in [1.807, 2.05) is 78.9 Å². The molecule has 7 aromatic carbocycles. The molecule has 0 fully saturated rings. The molecule has 0 amide bonds. The van der Waals surface area contributed by atoms with E-state index in [1.165, 1.54) is 10.8 Å². The van der Waals surface area contributed by atoms with Crippen molar-refractivity contribution in [2.45, 2.75) is 0 Å². The van der Waals surface area contributed by atoms with Gasteiger partial charge in [-0.15, -0.1) is 0 Å². The van der Waals surface area contributed by atoms with E-state index in [4.69, 9.17) is 0 Å². The van der Waals surface area contributed by atoms with Crippen LogP contribution in [0.5, 0.6) is 0 Å². The largest absolute Gasteiger partial charge is 0.309 e. The van der Waals surface area contributed by atoms with Crippen molar-refractivity contribution in [1.82, 2.24) is 9.13 Å². The van der Waals surface area contributed by atoms with Crippen LogP contribution in [0.2, 0.25) is 0 Å². The molecule has 9 aromatic rings. The molecule has 0 aliphatic rings. The van der Waals surface area contributed by atoms with Crippen molar-refractivity contribution in [3.05, 3.63) is 168 Å². The highest BCUT2D eigenvalue weighted by Gasteiger charge is 2.19. The van der Waals surface area contributed by atoms with E-state index in [0.29, 0.717) is 16.7 Å². The highest BCUT2D eigenvalue weighted by molar-refractivity contribution is 6.11. The maximum Gasteiger partial charge on any atom is 0.0998 e. The van der Waals surface area contributed by atoms with Gasteiger partial charge in [-0.2, -0.15) is 15.8 Å². The van der Waals surface area contributed by atoms with Gasteiger partial charge in [-0.1, -0.05) is 84.9 Å². The Morgan fingerprint density at radius 1 is 0.380 bits per heavy atom. The predicted octanol–water partition coefficient (Wildman–Crippen LogP) is 10.8. The summed E-state index contributed by atoms with van der Waals surface area (Å²) < 4.78 is 4.44. The minimum Gasteiger partial charge on any atom is -0.309 e. The van der Waals surface area contributed by atoms with Gasteiger partial charge in [-0.05, 0) is 72.3 Å². The maximum absolute atomic E-state index is 10.6. The molecule has 0 saturated carbocycles. The molecule has 2 aromatic heterocycles. The average molecular weight is 636 g/mol. The standard InChI is InChI=1S/C45H25N5/c46-26-29-17-22-45-40(23-29)38-12-4-5-13-41(38)49(45)33-20-18-31(27-47)39(25-33)30-19-21-34(32(24-30)28-48)35-9-1-6-14-42(35)50-43-15-7-2-10-36(43)37-11-3-8-16-44(37)50/h1-25H. The second kappa shape index (κ2) is 11.4. The summed E-state index contributed by atoms with van der Waals surface area (Å²) in [7, 11) is 0. The Morgan fingerprint density at radius 2 is 0.980 bits per heavy atom. The Morgan fingerprint density at radius 3 is 1.66 bits per heavy atom. The van der Waals surface area contributed by atoms with Gasteiger partial charge in [0.05, 0.1) is 62.7 Å². The molecule has 50 heavy (non-hydrogen) atoms. The van der Waals surface area contributed by atoms with Gasteiger partial charge < -0.3 is 9.13 Å². The quantitative estimate of drug-likeness (QED) is 0.193. The van der Waals surface area contributed by atoms with E-state index in [9.17, 15) is 15.8 Å². The topological polar surface area (TPSA) is 81.2 Å². The van der Waals surface area contributed by atoms with Gasteiger partial charge in [0, 0.05) is 43.9 Å². The van der Waals surface area contributed by atoms with Gasteiger partial charge in [0.1, 0.15) is 0 Å². The van der Waals surface area contributed by atoms with Crippen LogP contribution in [0.1, 0.15) is 16.7 Å². The number of hydrogen-bond acceptors (Lipinski definition) is 3. The van der Waals surface area contributed by atoms with Crippen LogP contribution < -0.4 is 0 Å². The third-order valence-electron chi connectivity index (χ3n) is 9.65. The van der Waals surface area contributed by atoms with Crippen LogP contribution in [-0.4, -0.2) is 9.13 Å². The molecule has 0 radical (unpaired) electrons. The monoisotopic (exact) mass is 635 g/mol. The zero-order chi connectivity index (χ0) is 33.8. The Labute approximate surface area is 287 Å². The first kappa shape index (κ1) is 28.8. The number of para-hydroxylation sites is 4. The lowest BCUT2D eigenvalue weighted by Crippen LogP contribution is -1.99. The van der Waals surface area contributed by atoms with E-state index >= 15 is 0 Å². The molecule has 5 nitrogen and oxygen atoms in total. The molecule has 2 heterocycles. The molecule has 9 rings (SSSR count). The summed E-state index contributed by atoms with van der Waals surface area (Å²) in [6.45, 7) is 0. The summed E-state index contributed by atoms with van der Waals surface area (Å²) in [5.74, 6) is 0. The van der Waals surface area contributed by atoms with Crippen LogP contribution in [0.25, 0.3) is 77.2 Å². The molecule has 0 aliphatic carbocycles. The van der Waals surface area contributed by atoms with Crippen molar-refractivity contribution < 1.29 is 0 Å². The van der Waals surface area contributed by atoms with Crippen LogP contribution >= 0.6 is 0 Å². The summed E-state index contributed by atoms with van der Waals surface area (Å²) >= 11 is 0. The fraction of sp³-hybridized carbons (Fsp3) is 0.